The van der Waals surface area contributed by atoms with E-state index in [1.54, 1.807) is 0 Å². The highest BCUT2D eigenvalue weighted by molar-refractivity contribution is 5.35. The van der Waals surface area contributed by atoms with Gasteiger partial charge in [-0.05, 0) is 36.5 Å². The Morgan fingerprint density at radius 2 is 1.81 bits per heavy atom. The number of nitrogens with one attached hydrogen (secondary N) is 1. The van der Waals surface area contributed by atoms with Crippen molar-refractivity contribution in [2.75, 3.05) is 0 Å². The van der Waals surface area contributed by atoms with Gasteiger partial charge in [-0.1, -0.05) is 44.9 Å². The first-order valence-electron chi connectivity index (χ1n) is 6.17. The molecule has 16 heavy (non-hydrogen) atoms. The SMILES string of the molecule is CCC(CC)C(NN)c1cccc(C)c1C. The Morgan fingerprint density at radius 1 is 1.19 bits per heavy atom. The fraction of sp³-hybridized carbons (Fsp3) is 0.571. The van der Waals surface area contributed by atoms with Gasteiger partial charge in [-0.2, -0.15) is 0 Å². The molecule has 3 N–H and O–H groups in total. The van der Waals surface area contributed by atoms with Crippen LogP contribution in [0.2, 0.25) is 0 Å². The van der Waals surface area contributed by atoms with Crippen molar-refractivity contribution in [3.8, 4) is 0 Å². The molecule has 0 radical (unpaired) electrons. The van der Waals surface area contributed by atoms with Crippen LogP contribution in [0, 0.1) is 19.8 Å². The normalized spacial score (nSPS) is 13.1. The number of rotatable bonds is 5. The molecule has 1 unspecified atom stereocenters. The first-order valence-corrected chi connectivity index (χ1v) is 6.17. The zero-order chi connectivity index (χ0) is 12.1. The number of hydrogen-bond donors (Lipinski definition) is 2. The second-order valence-electron chi connectivity index (χ2n) is 4.51. The first kappa shape index (κ1) is 13.2. The van der Waals surface area contributed by atoms with E-state index >= 15 is 0 Å². The van der Waals surface area contributed by atoms with E-state index < -0.39 is 0 Å². The Kier molecular flexibility index (Phi) is 4.97. The summed E-state index contributed by atoms with van der Waals surface area (Å²) in [7, 11) is 0. The highest BCUT2D eigenvalue weighted by Crippen LogP contribution is 2.29. The van der Waals surface area contributed by atoms with E-state index in [0.29, 0.717) is 5.92 Å². The van der Waals surface area contributed by atoms with Gasteiger partial charge in [-0.3, -0.25) is 11.3 Å². The fourth-order valence-corrected chi connectivity index (χ4v) is 2.35. The third-order valence-corrected chi connectivity index (χ3v) is 3.68. The molecule has 2 nitrogen and oxygen atoms in total. The van der Waals surface area contributed by atoms with Crippen LogP contribution in [0.1, 0.15) is 49.4 Å². The quantitative estimate of drug-likeness (QED) is 0.590. The highest BCUT2D eigenvalue weighted by Gasteiger charge is 2.20. The van der Waals surface area contributed by atoms with E-state index in [1.807, 2.05) is 0 Å². The lowest BCUT2D eigenvalue weighted by molar-refractivity contribution is 0.344. The van der Waals surface area contributed by atoms with E-state index in [2.05, 4.69) is 51.3 Å². The third-order valence-electron chi connectivity index (χ3n) is 3.68. The lowest BCUT2D eigenvalue weighted by Crippen LogP contribution is -2.33. The molecule has 0 saturated carbocycles. The standard InChI is InChI=1S/C14H24N2/c1-5-12(6-2)14(16-15)13-9-7-8-10(3)11(13)4/h7-9,12,14,16H,5-6,15H2,1-4H3. The molecular formula is C14H24N2. The minimum atomic E-state index is 0.273. The lowest BCUT2D eigenvalue weighted by Gasteiger charge is -2.27. The summed E-state index contributed by atoms with van der Waals surface area (Å²) in [5.41, 5.74) is 7.03. The molecule has 0 aliphatic rings. The highest BCUT2D eigenvalue weighted by atomic mass is 15.2. The van der Waals surface area contributed by atoms with Crippen LogP contribution in [0.15, 0.2) is 18.2 Å². The van der Waals surface area contributed by atoms with Gasteiger partial charge < -0.3 is 0 Å². The molecule has 1 aromatic carbocycles. The van der Waals surface area contributed by atoms with Crippen molar-refractivity contribution in [1.29, 1.82) is 0 Å². The molecule has 0 heterocycles. The summed E-state index contributed by atoms with van der Waals surface area (Å²) >= 11 is 0. The summed E-state index contributed by atoms with van der Waals surface area (Å²) < 4.78 is 0. The van der Waals surface area contributed by atoms with Crippen LogP contribution in [0.3, 0.4) is 0 Å². The number of benzene rings is 1. The number of hydrogen-bond acceptors (Lipinski definition) is 2. The largest absolute Gasteiger partial charge is 0.271 e. The van der Waals surface area contributed by atoms with Crippen LogP contribution in [0.4, 0.5) is 0 Å². The summed E-state index contributed by atoms with van der Waals surface area (Å²) in [6, 6.07) is 6.73. The molecule has 1 aromatic rings. The van der Waals surface area contributed by atoms with Crippen molar-refractivity contribution in [2.24, 2.45) is 11.8 Å². The molecule has 1 atom stereocenters. The average Bonchev–Trinajstić information content (AvgIpc) is 2.30. The maximum atomic E-state index is 5.73. The van der Waals surface area contributed by atoms with Crippen LogP contribution in [-0.4, -0.2) is 0 Å². The van der Waals surface area contributed by atoms with E-state index in [0.717, 1.165) is 12.8 Å². The summed E-state index contributed by atoms with van der Waals surface area (Å²) in [6.07, 6.45) is 2.30. The smallest absolute Gasteiger partial charge is 0.0490 e. The van der Waals surface area contributed by atoms with Crippen molar-refractivity contribution in [3.63, 3.8) is 0 Å². The lowest BCUT2D eigenvalue weighted by atomic mass is 9.86. The van der Waals surface area contributed by atoms with Crippen LogP contribution in [0.25, 0.3) is 0 Å². The number of hydrazine groups is 1. The van der Waals surface area contributed by atoms with Gasteiger partial charge >= 0.3 is 0 Å². The maximum absolute atomic E-state index is 5.73. The Morgan fingerprint density at radius 3 is 2.31 bits per heavy atom. The van der Waals surface area contributed by atoms with Crippen molar-refractivity contribution < 1.29 is 0 Å². The molecule has 1 rings (SSSR count). The predicted molar refractivity (Wildman–Crippen MR) is 70.1 cm³/mol. The summed E-state index contributed by atoms with van der Waals surface area (Å²) in [4.78, 5) is 0. The van der Waals surface area contributed by atoms with Crippen molar-refractivity contribution in [1.82, 2.24) is 5.43 Å². The molecule has 0 amide bonds. The Labute approximate surface area is 99.2 Å². The predicted octanol–water partition coefficient (Wildman–Crippen LogP) is 3.24. The third kappa shape index (κ3) is 2.63. The molecule has 0 spiro atoms. The molecule has 2 heteroatoms. The van der Waals surface area contributed by atoms with Gasteiger partial charge in [0.2, 0.25) is 0 Å². The minimum Gasteiger partial charge on any atom is -0.271 e. The van der Waals surface area contributed by atoms with E-state index in [4.69, 9.17) is 5.84 Å². The van der Waals surface area contributed by atoms with Crippen LogP contribution in [-0.2, 0) is 0 Å². The Hall–Kier alpha value is -0.860. The van der Waals surface area contributed by atoms with Gasteiger partial charge in [-0.25, -0.2) is 0 Å². The van der Waals surface area contributed by atoms with Crippen LogP contribution in [0.5, 0.6) is 0 Å². The first-order chi connectivity index (χ1) is 7.65. The number of nitrogens with two attached hydrogens (primary N) is 1. The second-order valence-corrected chi connectivity index (χ2v) is 4.51. The molecule has 0 saturated heterocycles. The summed E-state index contributed by atoms with van der Waals surface area (Å²) in [5.74, 6) is 6.33. The molecule has 0 aliphatic carbocycles. The summed E-state index contributed by atoms with van der Waals surface area (Å²) in [6.45, 7) is 8.78. The van der Waals surface area contributed by atoms with E-state index in [-0.39, 0.29) is 6.04 Å². The van der Waals surface area contributed by atoms with Gasteiger partial charge in [0, 0.05) is 6.04 Å². The zero-order valence-corrected chi connectivity index (χ0v) is 10.9. The molecular weight excluding hydrogens is 196 g/mol. The van der Waals surface area contributed by atoms with Gasteiger partial charge in [-0.15, -0.1) is 0 Å². The average molecular weight is 220 g/mol. The minimum absolute atomic E-state index is 0.273. The monoisotopic (exact) mass is 220 g/mol. The number of aryl methyl sites for hydroxylation is 1. The van der Waals surface area contributed by atoms with Gasteiger partial charge in [0.1, 0.15) is 0 Å². The molecule has 0 aromatic heterocycles. The molecule has 0 aliphatic heterocycles. The van der Waals surface area contributed by atoms with Crippen molar-refractivity contribution in [2.45, 2.75) is 46.6 Å². The van der Waals surface area contributed by atoms with E-state index in [1.165, 1.54) is 16.7 Å². The van der Waals surface area contributed by atoms with Crippen molar-refractivity contribution in [3.05, 3.63) is 34.9 Å². The Balaban J connectivity index is 3.07. The molecule has 0 fully saturated rings. The second kappa shape index (κ2) is 6.02. The van der Waals surface area contributed by atoms with Crippen LogP contribution >= 0.6 is 0 Å². The maximum Gasteiger partial charge on any atom is 0.0490 e. The molecule has 0 bridgehead atoms. The van der Waals surface area contributed by atoms with Gasteiger partial charge in [0.05, 0.1) is 0 Å². The fourth-order valence-electron chi connectivity index (χ4n) is 2.35. The zero-order valence-electron chi connectivity index (χ0n) is 10.9. The van der Waals surface area contributed by atoms with Crippen LogP contribution < -0.4 is 11.3 Å². The molecule has 90 valence electrons. The van der Waals surface area contributed by atoms with Crippen molar-refractivity contribution >= 4 is 0 Å². The summed E-state index contributed by atoms with van der Waals surface area (Å²) in [5, 5.41) is 0. The van der Waals surface area contributed by atoms with Gasteiger partial charge in [0.25, 0.3) is 0 Å². The van der Waals surface area contributed by atoms with Gasteiger partial charge in [0.15, 0.2) is 0 Å². The topological polar surface area (TPSA) is 38.0 Å². The Bertz CT molecular complexity index is 330. The van der Waals surface area contributed by atoms with E-state index in [9.17, 15) is 0 Å².